The predicted octanol–water partition coefficient (Wildman–Crippen LogP) is 5.43. The summed E-state index contributed by atoms with van der Waals surface area (Å²) >= 11 is 1.82. The van der Waals surface area contributed by atoms with E-state index in [0.29, 0.717) is 18.8 Å². The van der Waals surface area contributed by atoms with Crippen LogP contribution in [0.25, 0.3) is 0 Å². The summed E-state index contributed by atoms with van der Waals surface area (Å²) in [5, 5.41) is 0.0547. The number of benzene rings is 2. The molecule has 0 N–H and O–H groups in total. The molecule has 1 atom stereocenters. The Morgan fingerprint density at radius 1 is 1.14 bits per heavy atom. The summed E-state index contributed by atoms with van der Waals surface area (Å²) in [6, 6.07) is 16.1. The third-order valence-electron chi connectivity index (χ3n) is 4.92. The molecule has 0 aromatic heterocycles. The van der Waals surface area contributed by atoms with Crippen molar-refractivity contribution in [3.05, 3.63) is 59.7 Å². The highest BCUT2D eigenvalue weighted by Gasteiger charge is 2.30. The van der Waals surface area contributed by atoms with Crippen LogP contribution < -0.4 is 9.47 Å². The highest BCUT2D eigenvalue weighted by Crippen LogP contribution is 2.41. The highest BCUT2D eigenvalue weighted by atomic mass is 32.2. The predicted molar refractivity (Wildman–Crippen MR) is 115 cm³/mol. The van der Waals surface area contributed by atoms with Gasteiger partial charge in [0.1, 0.15) is 12.0 Å². The molecule has 5 heteroatoms. The largest absolute Gasteiger partial charge is 0.493 e. The number of unbranched alkanes of at least 4 members (excludes halogenated alkanes) is 2. The summed E-state index contributed by atoms with van der Waals surface area (Å²) in [6.45, 7) is 3.46. The summed E-state index contributed by atoms with van der Waals surface area (Å²) in [4.78, 5) is 14.7. The van der Waals surface area contributed by atoms with Crippen LogP contribution in [0.15, 0.2) is 48.5 Å². The molecule has 1 heterocycles. The first-order chi connectivity index (χ1) is 13.7. The molecule has 0 bridgehead atoms. The Kier molecular flexibility index (Phi) is 7.66. The molecule has 0 aliphatic carbocycles. The first-order valence-electron chi connectivity index (χ1n) is 9.98. The molecule has 2 aromatic carbocycles. The number of nitrogens with zero attached hydrogens (tertiary/aromatic N) is 1. The van der Waals surface area contributed by atoms with E-state index in [2.05, 4.69) is 6.92 Å². The lowest BCUT2D eigenvalue weighted by Gasteiger charge is -2.25. The van der Waals surface area contributed by atoms with E-state index >= 15 is 0 Å². The summed E-state index contributed by atoms with van der Waals surface area (Å²) < 4.78 is 11.5. The van der Waals surface area contributed by atoms with E-state index in [4.69, 9.17) is 9.47 Å². The van der Waals surface area contributed by atoms with E-state index in [-0.39, 0.29) is 11.3 Å². The molecule has 2 aromatic rings. The number of amides is 1. The minimum atomic E-state index is 0.0547. The first-order valence-corrected chi connectivity index (χ1v) is 11.0. The number of hydrogen-bond donors (Lipinski definition) is 0. The standard InChI is InChI=1S/C23H29NO3S/c1-3-4-6-11-22(25)24-14-15-28-23(24)19-12-13-20(26-2)21(16-19)27-17-18-9-7-5-8-10-18/h5,7-10,12-13,16,23H,3-4,6,11,14-15,17H2,1-2H3/t23-/m1/s1. The number of ether oxygens (including phenoxy) is 2. The van der Waals surface area contributed by atoms with Crippen LogP contribution in [0.5, 0.6) is 11.5 Å². The van der Waals surface area contributed by atoms with E-state index in [1.807, 2.05) is 65.2 Å². The Bertz CT molecular complexity index is 766. The SMILES string of the molecule is CCCCCC(=O)N1CCS[C@@H]1c1ccc(OC)c(OCc2ccccc2)c1. The second kappa shape index (κ2) is 10.4. The smallest absolute Gasteiger partial charge is 0.223 e. The van der Waals surface area contributed by atoms with Gasteiger partial charge in [0.2, 0.25) is 5.91 Å². The summed E-state index contributed by atoms with van der Waals surface area (Å²) in [6.07, 6.45) is 3.85. The molecule has 1 aliphatic heterocycles. The lowest BCUT2D eigenvalue weighted by molar-refractivity contribution is -0.131. The van der Waals surface area contributed by atoms with Gasteiger partial charge < -0.3 is 14.4 Å². The van der Waals surface area contributed by atoms with E-state index in [9.17, 15) is 4.79 Å². The van der Waals surface area contributed by atoms with Crippen molar-refractivity contribution in [2.24, 2.45) is 0 Å². The molecule has 0 unspecified atom stereocenters. The molecule has 150 valence electrons. The second-order valence-corrected chi connectivity index (χ2v) is 8.14. The molecule has 1 amide bonds. The van der Waals surface area contributed by atoms with Crippen molar-refractivity contribution in [1.82, 2.24) is 4.90 Å². The minimum Gasteiger partial charge on any atom is -0.493 e. The zero-order chi connectivity index (χ0) is 19.8. The van der Waals surface area contributed by atoms with Gasteiger partial charge in [-0.05, 0) is 29.7 Å². The average molecular weight is 400 g/mol. The molecular weight excluding hydrogens is 370 g/mol. The number of hydrogen-bond acceptors (Lipinski definition) is 4. The van der Waals surface area contributed by atoms with Gasteiger partial charge in [-0.3, -0.25) is 4.79 Å². The molecule has 0 radical (unpaired) electrons. The van der Waals surface area contributed by atoms with Crippen LogP contribution >= 0.6 is 11.8 Å². The minimum absolute atomic E-state index is 0.0547. The van der Waals surface area contributed by atoms with Crippen LogP contribution in [0.3, 0.4) is 0 Å². The van der Waals surface area contributed by atoms with Crippen molar-refractivity contribution in [1.29, 1.82) is 0 Å². The van der Waals surface area contributed by atoms with Gasteiger partial charge in [-0.25, -0.2) is 0 Å². The normalized spacial score (nSPS) is 16.2. The van der Waals surface area contributed by atoms with Crippen LogP contribution in [0.1, 0.15) is 49.1 Å². The van der Waals surface area contributed by atoms with Crippen molar-refractivity contribution in [3.63, 3.8) is 0 Å². The van der Waals surface area contributed by atoms with Crippen LogP contribution in [0.4, 0.5) is 0 Å². The summed E-state index contributed by atoms with van der Waals surface area (Å²) in [5.41, 5.74) is 2.20. The molecule has 3 rings (SSSR count). The Balaban J connectivity index is 1.73. The Labute approximate surface area is 172 Å². The fraction of sp³-hybridized carbons (Fsp3) is 0.435. The van der Waals surface area contributed by atoms with E-state index in [0.717, 1.165) is 48.4 Å². The topological polar surface area (TPSA) is 38.8 Å². The molecule has 0 spiro atoms. The van der Waals surface area contributed by atoms with Gasteiger partial charge in [0, 0.05) is 18.7 Å². The molecular formula is C23H29NO3S. The van der Waals surface area contributed by atoms with Gasteiger partial charge in [0.25, 0.3) is 0 Å². The maximum absolute atomic E-state index is 12.7. The zero-order valence-electron chi connectivity index (χ0n) is 16.7. The van der Waals surface area contributed by atoms with E-state index < -0.39 is 0 Å². The lowest BCUT2D eigenvalue weighted by atomic mass is 10.1. The number of carbonyl (C=O) groups is 1. The van der Waals surface area contributed by atoms with Crippen LogP contribution in [0, 0.1) is 0 Å². The number of carbonyl (C=O) groups excluding carboxylic acids is 1. The Morgan fingerprint density at radius 3 is 2.71 bits per heavy atom. The van der Waals surface area contributed by atoms with Crippen molar-refractivity contribution in [2.75, 3.05) is 19.4 Å². The van der Waals surface area contributed by atoms with Gasteiger partial charge >= 0.3 is 0 Å². The molecule has 1 fully saturated rings. The molecule has 28 heavy (non-hydrogen) atoms. The molecule has 1 saturated heterocycles. The van der Waals surface area contributed by atoms with Gasteiger partial charge in [-0.15, -0.1) is 11.8 Å². The number of methoxy groups -OCH3 is 1. The van der Waals surface area contributed by atoms with E-state index in [1.165, 1.54) is 0 Å². The van der Waals surface area contributed by atoms with Crippen LogP contribution in [-0.4, -0.2) is 30.2 Å². The van der Waals surface area contributed by atoms with Gasteiger partial charge in [0.05, 0.1) is 7.11 Å². The van der Waals surface area contributed by atoms with Crippen molar-refractivity contribution < 1.29 is 14.3 Å². The fourth-order valence-corrected chi connectivity index (χ4v) is 4.63. The van der Waals surface area contributed by atoms with Gasteiger partial charge in [-0.2, -0.15) is 0 Å². The van der Waals surface area contributed by atoms with E-state index in [1.54, 1.807) is 7.11 Å². The molecule has 4 nitrogen and oxygen atoms in total. The monoisotopic (exact) mass is 399 g/mol. The maximum atomic E-state index is 12.7. The van der Waals surface area contributed by atoms with Crippen LogP contribution in [-0.2, 0) is 11.4 Å². The Hall–Kier alpha value is -2.14. The molecule has 1 aliphatic rings. The number of rotatable bonds is 9. The maximum Gasteiger partial charge on any atom is 0.223 e. The van der Waals surface area contributed by atoms with Crippen molar-refractivity contribution in [3.8, 4) is 11.5 Å². The van der Waals surface area contributed by atoms with Crippen LogP contribution in [0.2, 0.25) is 0 Å². The zero-order valence-corrected chi connectivity index (χ0v) is 17.5. The lowest BCUT2D eigenvalue weighted by Crippen LogP contribution is -2.30. The third kappa shape index (κ3) is 5.22. The summed E-state index contributed by atoms with van der Waals surface area (Å²) in [7, 11) is 1.65. The highest BCUT2D eigenvalue weighted by molar-refractivity contribution is 7.99. The number of thioether (sulfide) groups is 1. The second-order valence-electron chi connectivity index (χ2n) is 6.95. The first kappa shape index (κ1) is 20.6. The summed E-state index contributed by atoms with van der Waals surface area (Å²) in [5.74, 6) is 2.65. The van der Waals surface area contributed by atoms with Crippen molar-refractivity contribution in [2.45, 2.75) is 44.6 Å². The molecule has 0 saturated carbocycles. The average Bonchev–Trinajstić information content (AvgIpc) is 3.23. The van der Waals surface area contributed by atoms with Gasteiger partial charge in [0.15, 0.2) is 11.5 Å². The van der Waals surface area contributed by atoms with Crippen molar-refractivity contribution >= 4 is 17.7 Å². The fourth-order valence-electron chi connectivity index (χ4n) is 3.37. The quantitative estimate of drug-likeness (QED) is 0.527. The Morgan fingerprint density at radius 2 is 1.96 bits per heavy atom. The third-order valence-corrected chi connectivity index (χ3v) is 6.18. The van der Waals surface area contributed by atoms with Gasteiger partial charge in [-0.1, -0.05) is 56.2 Å².